The molecule has 0 radical (unpaired) electrons. The summed E-state index contributed by atoms with van der Waals surface area (Å²) in [5, 5.41) is 15.9. The maximum atomic E-state index is 12.7. The SMILES string of the molecule is O=C(CN1CCc2sccc2[C@H]1c1ccccc1)Nc1ccc([N+](=O)[O-])cc1Cl. The van der Waals surface area contributed by atoms with Gasteiger partial charge in [0.2, 0.25) is 5.91 Å². The number of halogens is 1. The second-order valence-electron chi connectivity index (χ2n) is 6.80. The largest absolute Gasteiger partial charge is 0.324 e. The van der Waals surface area contributed by atoms with E-state index in [0.717, 1.165) is 18.5 Å². The molecular formula is C21H18ClN3O3S. The molecule has 1 aliphatic heterocycles. The lowest BCUT2D eigenvalue weighted by molar-refractivity contribution is -0.384. The van der Waals surface area contributed by atoms with Crippen LogP contribution >= 0.6 is 22.9 Å². The van der Waals surface area contributed by atoms with E-state index < -0.39 is 4.92 Å². The molecule has 0 fully saturated rings. The van der Waals surface area contributed by atoms with Gasteiger partial charge in [-0.15, -0.1) is 11.3 Å². The fourth-order valence-electron chi connectivity index (χ4n) is 3.66. The molecule has 1 aliphatic rings. The highest BCUT2D eigenvalue weighted by Crippen LogP contribution is 2.37. The maximum Gasteiger partial charge on any atom is 0.271 e. The Kier molecular flexibility index (Phi) is 5.62. The molecule has 3 aromatic rings. The van der Waals surface area contributed by atoms with Crippen molar-refractivity contribution in [1.29, 1.82) is 0 Å². The third kappa shape index (κ3) is 4.17. The minimum atomic E-state index is -0.520. The molecule has 1 atom stereocenters. The number of nitro groups is 1. The van der Waals surface area contributed by atoms with Gasteiger partial charge in [-0.1, -0.05) is 41.9 Å². The van der Waals surface area contributed by atoms with E-state index in [4.69, 9.17) is 11.6 Å². The summed E-state index contributed by atoms with van der Waals surface area (Å²) in [6.07, 6.45) is 0.905. The number of carbonyl (C=O) groups excluding carboxylic acids is 1. The number of anilines is 1. The van der Waals surface area contributed by atoms with E-state index in [9.17, 15) is 14.9 Å². The van der Waals surface area contributed by atoms with E-state index in [1.165, 1.54) is 28.6 Å². The molecule has 1 N–H and O–H groups in total. The fourth-order valence-corrected chi connectivity index (χ4v) is 4.78. The number of nitro benzene ring substituents is 1. The number of nitrogens with zero attached hydrogens (tertiary/aromatic N) is 2. The lowest BCUT2D eigenvalue weighted by Crippen LogP contribution is -2.40. The Morgan fingerprint density at radius 2 is 2.03 bits per heavy atom. The molecule has 1 aromatic heterocycles. The molecular weight excluding hydrogens is 410 g/mol. The molecule has 0 unspecified atom stereocenters. The topological polar surface area (TPSA) is 75.5 Å². The number of fused-ring (bicyclic) bond motifs is 1. The second kappa shape index (κ2) is 8.32. The van der Waals surface area contributed by atoms with Crippen molar-refractivity contribution in [3.63, 3.8) is 0 Å². The number of non-ortho nitro benzene ring substituents is 1. The summed E-state index contributed by atoms with van der Waals surface area (Å²) in [5.41, 5.74) is 2.64. The molecule has 2 heterocycles. The summed E-state index contributed by atoms with van der Waals surface area (Å²) >= 11 is 7.86. The Labute approximate surface area is 176 Å². The third-order valence-electron chi connectivity index (χ3n) is 4.97. The van der Waals surface area contributed by atoms with E-state index in [1.54, 1.807) is 11.3 Å². The Balaban J connectivity index is 1.53. The minimum Gasteiger partial charge on any atom is -0.324 e. The van der Waals surface area contributed by atoms with Gasteiger partial charge in [0.05, 0.1) is 28.2 Å². The number of carbonyl (C=O) groups is 1. The van der Waals surface area contributed by atoms with Crippen LogP contribution in [-0.4, -0.2) is 28.8 Å². The standard InChI is InChI=1S/C21H18ClN3O3S/c22-17-12-15(25(27)28)6-7-18(17)23-20(26)13-24-10-8-19-16(9-11-29-19)21(24)14-4-2-1-3-5-14/h1-7,9,11-12,21H,8,10,13H2,(H,23,26)/t21-/m1/s1. The van der Waals surface area contributed by atoms with Gasteiger partial charge in [-0.3, -0.25) is 19.8 Å². The van der Waals surface area contributed by atoms with E-state index >= 15 is 0 Å². The van der Waals surface area contributed by atoms with Crippen LogP contribution in [0.1, 0.15) is 22.0 Å². The van der Waals surface area contributed by atoms with Crippen LogP contribution in [0, 0.1) is 10.1 Å². The predicted octanol–water partition coefficient (Wildman–Crippen LogP) is 4.90. The Morgan fingerprint density at radius 3 is 2.76 bits per heavy atom. The van der Waals surface area contributed by atoms with Crippen molar-refractivity contribution in [3.05, 3.63) is 91.1 Å². The van der Waals surface area contributed by atoms with Crippen LogP contribution in [0.2, 0.25) is 5.02 Å². The lowest BCUT2D eigenvalue weighted by Gasteiger charge is -2.35. The normalized spacial score (nSPS) is 16.2. The maximum absolute atomic E-state index is 12.7. The smallest absolute Gasteiger partial charge is 0.271 e. The first-order valence-electron chi connectivity index (χ1n) is 9.12. The zero-order valence-electron chi connectivity index (χ0n) is 15.4. The summed E-state index contributed by atoms with van der Waals surface area (Å²) in [4.78, 5) is 26.6. The number of hydrogen-bond acceptors (Lipinski definition) is 5. The fraction of sp³-hybridized carbons (Fsp3) is 0.190. The molecule has 0 spiro atoms. The number of amides is 1. The molecule has 148 valence electrons. The van der Waals surface area contributed by atoms with Gasteiger partial charge in [0, 0.05) is 23.6 Å². The van der Waals surface area contributed by atoms with Crippen molar-refractivity contribution < 1.29 is 9.72 Å². The van der Waals surface area contributed by atoms with E-state index in [2.05, 4.69) is 33.8 Å². The predicted molar refractivity (Wildman–Crippen MR) is 115 cm³/mol. The zero-order chi connectivity index (χ0) is 20.4. The van der Waals surface area contributed by atoms with E-state index in [1.807, 2.05) is 18.2 Å². The minimum absolute atomic E-state index is 0.0179. The van der Waals surface area contributed by atoms with Crippen LogP contribution in [0.25, 0.3) is 0 Å². The molecule has 0 saturated carbocycles. The van der Waals surface area contributed by atoms with Crippen molar-refractivity contribution in [1.82, 2.24) is 4.90 Å². The summed E-state index contributed by atoms with van der Waals surface area (Å²) in [5.74, 6) is -0.208. The quantitative estimate of drug-likeness (QED) is 0.464. The number of thiophene rings is 1. The molecule has 8 heteroatoms. The molecule has 6 nitrogen and oxygen atoms in total. The van der Waals surface area contributed by atoms with Crippen molar-refractivity contribution in [2.45, 2.75) is 12.5 Å². The molecule has 2 aromatic carbocycles. The summed E-state index contributed by atoms with van der Waals surface area (Å²) in [6, 6.07) is 16.3. The van der Waals surface area contributed by atoms with Crippen LogP contribution in [-0.2, 0) is 11.2 Å². The highest BCUT2D eigenvalue weighted by atomic mass is 35.5. The number of rotatable bonds is 5. The van der Waals surface area contributed by atoms with Gasteiger partial charge in [-0.2, -0.15) is 0 Å². The molecule has 1 amide bonds. The molecule has 0 saturated heterocycles. The first-order chi connectivity index (χ1) is 14.0. The monoisotopic (exact) mass is 427 g/mol. The number of benzene rings is 2. The Hall–Kier alpha value is -2.74. The zero-order valence-corrected chi connectivity index (χ0v) is 16.9. The highest BCUT2D eigenvalue weighted by Gasteiger charge is 2.30. The van der Waals surface area contributed by atoms with Crippen LogP contribution < -0.4 is 5.32 Å². The summed E-state index contributed by atoms with van der Waals surface area (Å²) in [6.45, 7) is 0.969. The third-order valence-corrected chi connectivity index (χ3v) is 6.27. The van der Waals surface area contributed by atoms with Gasteiger partial charge in [-0.05, 0) is 35.1 Å². The van der Waals surface area contributed by atoms with E-state index in [-0.39, 0.29) is 29.2 Å². The molecule has 4 rings (SSSR count). The molecule has 29 heavy (non-hydrogen) atoms. The van der Waals surface area contributed by atoms with Crippen molar-refractivity contribution >= 4 is 40.2 Å². The van der Waals surface area contributed by atoms with Crippen molar-refractivity contribution in [3.8, 4) is 0 Å². The summed E-state index contributed by atoms with van der Waals surface area (Å²) < 4.78 is 0. The van der Waals surface area contributed by atoms with Crippen LogP contribution in [0.4, 0.5) is 11.4 Å². The van der Waals surface area contributed by atoms with Crippen molar-refractivity contribution in [2.24, 2.45) is 0 Å². The average molecular weight is 428 g/mol. The van der Waals surface area contributed by atoms with Gasteiger partial charge in [0.1, 0.15) is 0 Å². The van der Waals surface area contributed by atoms with Crippen LogP contribution in [0.3, 0.4) is 0 Å². The van der Waals surface area contributed by atoms with Crippen LogP contribution in [0.5, 0.6) is 0 Å². The van der Waals surface area contributed by atoms with E-state index in [0.29, 0.717) is 5.69 Å². The van der Waals surface area contributed by atoms with Gasteiger partial charge in [-0.25, -0.2) is 0 Å². The lowest BCUT2D eigenvalue weighted by atomic mass is 9.93. The van der Waals surface area contributed by atoms with Gasteiger partial charge >= 0.3 is 0 Å². The summed E-state index contributed by atoms with van der Waals surface area (Å²) in [7, 11) is 0. The average Bonchev–Trinajstić information content (AvgIpc) is 3.18. The van der Waals surface area contributed by atoms with Crippen LogP contribution in [0.15, 0.2) is 60.0 Å². The van der Waals surface area contributed by atoms with Gasteiger partial charge < -0.3 is 5.32 Å². The highest BCUT2D eigenvalue weighted by molar-refractivity contribution is 7.10. The molecule has 0 aliphatic carbocycles. The van der Waals surface area contributed by atoms with Gasteiger partial charge in [0.25, 0.3) is 5.69 Å². The number of hydrogen-bond donors (Lipinski definition) is 1. The first kappa shape index (κ1) is 19.6. The molecule has 0 bridgehead atoms. The first-order valence-corrected chi connectivity index (χ1v) is 10.4. The van der Waals surface area contributed by atoms with Gasteiger partial charge in [0.15, 0.2) is 0 Å². The Morgan fingerprint density at radius 1 is 1.24 bits per heavy atom. The second-order valence-corrected chi connectivity index (χ2v) is 8.21. The number of nitrogens with one attached hydrogen (secondary N) is 1. The van der Waals surface area contributed by atoms with Crippen molar-refractivity contribution in [2.75, 3.05) is 18.4 Å². The Bertz CT molecular complexity index is 1050.